The van der Waals surface area contributed by atoms with E-state index in [1.807, 2.05) is 0 Å². The molecule has 0 saturated carbocycles. The second-order valence-electron chi connectivity index (χ2n) is 6.01. The Morgan fingerprint density at radius 1 is 1.03 bits per heavy atom. The van der Waals surface area contributed by atoms with Crippen molar-refractivity contribution in [3.05, 3.63) is 81.4 Å². The van der Waals surface area contributed by atoms with Crippen LogP contribution in [0.25, 0.3) is 11.1 Å². The number of aromatic carboxylic acids is 2. The summed E-state index contributed by atoms with van der Waals surface area (Å²) in [6.45, 7) is -0.134. The van der Waals surface area contributed by atoms with Gasteiger partial charge in [-0.15, -0.1) is 0 Å². The number of carbonyl (C=O) groups is 2. The largest absolute Gasteiger partial charge is 0.489 e. The van der Waals surface area contributed by atoms with Crippen LogP contribution in [0.1, 0.15) is 26.3 Å². The molecule has 1 heterocycles. The van der Waals surface area contributed by atoms with Gasteiger partial charge >= 0.3 is 11.9 Å². The van der Waals surface area contributed by atoms with Gasteiger partial charge in [-0.2, -0.15) is 0 Å². The quantitative estimate of drug-likeness (QED) is 0.500. The SMILES string of the molecule is Nc1[nH]c(=O)c(C(=O)O)c(-c2ccccc2COc2cccc(F)c2)c1C(=O)O. The number of carboxylic acids is 2. The zero-order chi connectivity index (χ0) is 21.1. The van der Waals surface area contributed by atoms with Crippen LogP contribution in [-0.4, -0.2) is 27.1 Å². The topological polar surface area (TPSA) is 143 Å². The Kier molecular flexibility index (Phi) is 5.31. The summed E-state index contributed by atoms with van der Waals surface area (Å²) >= 11 is 0. The number of aromatic nitrogens is 1. The minimum absolute atomic E-state index is 0.134. The number of H-pyrrole nitrogens is 1. The van der Waals surface area contributed by atoms with E-state index in [-0.39, 0.29) is 23.5 Å². The lowest BCUT2D eigenvalue weighted by molar-refractivity contribution is 0.0695. The number of anilines is 1. The van der Waals surface area contributed by atoms with Crippen LogP contribution in [0, 0.1) is 5.82 Å². The first kappa shape index (κ1) is 19.6. The maximum atomic E-state index is 13.3. The van der Waals surface area contributed by atoms with Gasteiger partial charge in [0.05, 0.1) is 0 Å². The molecular weight excluding hydrogens is 383 g/mol. The summed E-state index contributed by atoms with van der Waals surface area (Å²) in [6.07, 6.45) is 0. The van der Waals surface area contributed by atoms with Crippen molar-refractivity contribution in [2.75, 3.05) is 5.73 Å². The van der Waals surface area contributed by atoms with Crippen molar-refractivity contribution < 1.29 is 28.9 Å². The lowest BCUT2D eigenvalue weighted by atomic mass is 9.92. The highest BCUT2D eigenvalue weighted by molar-refractivity contribution is 6.07. The van der Waals surface area contributed by atoms with Gasteiger partial charge in [0.15, 0.2) is 0 Å². The van der Waals surface area contributed by atoms with Gasteiger partial charge in [-0.05, 0) is 23.3 Å². The smallest absolute Gasteiger partial charge is 0.342 e. The number of hydrogen-bond donors (Lipinski definition) is 4. The van der Waals surface area contributed by atoms with Crippen molar-refractivity contribution in [2.45, 2.75) is 6.61 Å². The summed E-state index contributed by atoms with van der Waals surface area (Å²) < 4.78 is 18.9. The van der Waals surface area contributed by atoms with Crippen LogP contribution >= 0.6 is 0 Å². The van der Waals surface area contributed by atoms with E-state index in [0.717, 1.165) is 0 Å². The molecule has 1 aromatic heterocycles. The summed E-state index contributed by atoms with van der Waals surface area (Å²) in [5, 5.41) is 19.1. The van der Waals surface area contributed by atoms with Crippen molar-refractivity contribution >= 4 is 17.8 Å². The van der Waals surface area contributed by atoms with Gasteiger partial charge in [0, 0.05) is 11.6 Å². The van der Waals surface area contributed by atoms with E-state index in [4.69, 9.17) is 10.5 Å². The highest BCUT2D eigenvalue weighted by atomic mass is 19.1. The van der Waals surface area contributed by atoms with Crippen molar-refractivity contribution in [2.24, 2.45) is 0 Å². The van der Waals surface area contributed by atoms with Gasteiger partial charge in [0.25, 0.3) is 5.56 Å². The van der Waals surface area contributed by atoms with E-state index in [1.165, 1.54) is 30.3 Å². The Balaban J connectivity index is 2.18. The standard InChI is InChI=1S/C20H15FN2O6/c21-11-5-3-6-12(8-11)29-9-10-4-1-2-7-13(10)14-15(19(25)26)17(22)23-18(24)16(14)20(27)28/h1-8H,9H2,(H,25,26)(H,27,28)(H3,22,23,24). The lowest BCUT2D eigenvalue weighted by Crippen LogP contribution is -2.24. The number of pyridine rings is 1. The number of nitrogens with one attached hydrogen (secondary N) is 1. The Hall–Kier alpha value is -4.14. The number of rotatable bonds is 6. The lowest BCUT2D eigenvalue weighted by Gasteiger charge is -2.16. The van der Waals surface area contributed by atoms with Crippen LogP contribution in [0.2, 0.25) is 0 Å². The molecule has 0 amide bonds. The number of aromatic amines is 1. The molecule has 0 fully saturated rings. The maximum absolute atomic E-state index is 13.3. The van der Waals surface area contributed by atoms with Crippen molar-refractivity contribution in [3.63, 3.8) is 0 Å². The Morgan fingerprint density at radius 2 is 1.72 bits per heavy atom. The van der Waals surface area contributed by atoms with E-state index in [9.17, 15) is 29.0 Å². The van der Waals surface area contributed by atoms with Crippen molar-refractivity contribution in [3.8, 4) is 16.9 Å². The first-order valence-electron chi connectivity index (χ1n) is 8.28. The average molecular weight is 398 g/mol. The molecule has 148 valence electrons. The number of nitrogens with two attached hydrogens (primary N) is 1. The molecule has 0 aliphatic heterocycles. The molecule has 3 aromatic rings. The van der Waals surface area contributed by atoms with Crippen LogP contribution in [0.15, 0.2) is 53.3 Å². The second kappa shape index (κ2) is 7.85. The number of carboxylic acid groups (broad SMARTS) is 2. The molecule has 2 aromatic carbocycles. The summed E-state index contributed by atoms with van der Waals surface area (Å²) in [6, 6.07) is 11.6. The predicted octanol–water partition coefficient (Wildman–Crippen LogP) is 2.74. The number of halogens is 1. The highest BCUT2D eigenvalue weighted by Crippen LogP contribution is 2.32. The van der Waals surface area contributed by atoms with Gasteiger partial charge in [0.1, 0.15) is 35.1 Å². The number of ether oxygens (including phenoxy) is 1. The zero-order valence-electron chi connectivity index (χ0n) is 14.8. The van der Waals surface area contributed by atoms with E-state index in [2.05, 4.69) is 4.98 Å². The van der Waals surface area contributed by atoms with Gasteiger partial charge in [-0.1, -0.05) is 30.3 Å². The molecule has 8 nitrogen and oxygen atoms in total. The number of benzene rings is 2. The number of nitrogen functional groups attached to an aromatic ring is 1. The summed E-state index contributed by atoms with van der Waals surface area (Å²) in [5.74, 6) is -3.85. The molecule has 0 bridgehead atoms. The third-order valence-electron chi connectivity index (χ3n) is 4.15. The molecule has 0 saturated heterocycles. The van der Waals surface area contributed by atoms with Crippen LogP contribution < -0.4 is 16.0 Å². The third kappa shape index (κ3) is 3.93. The Bertz CT molecular complexity index is 1170. The Morgan fingerprint density at radius 3 is 2.38 bits per heavy atom. The zero-order valence-corrected chi connectivity index (χ0v) is 14.8. The van der Waals surface area contributed by atoms with Gasteiger partial charge < -0.3 is 25.7 Å². The van der Waals surface area contributed by atoms with E-state index >= 15 is 0 Å². The summed E-state index contributed by atoms with van der Waals surface area (Å²) in [7, 11) is 0. The second-order valence-corrected chi connectivity index (χ2v) is 6.01. The molecule has 0 atom stereocenters. The van der Waals surface area contributed by atoms with Crippen LogP contribution in [0.5, 0.6) is 5.75 Å². The monoisotopic (exact) mass is 398 g/mol. The molecule has 0 unspecified atom stereocenters. The fraction of sp³-hybridized carbons (Fsp3) is 0.0500. The third-order valence-corrected chi connectivity index (χ3v) is 4.15. The molecule has 0 spiro atoms. The first-order chi connectivity index (χ1) is 13.8. The van der Waals surface area contributed by atoms with Crippen molar-refractivity contribution in [1.29, 1.82) is 0 Å². The van der Waals surface area contributed by atoms with Crippen molar-refractivity contribution in [1.82, 2.24) is 4.98 Å². The van der Waals surface area contributed by atoms with Gasteiger partial charge in [0.2, 0.25) is 0 Å². The molecule has 0 radical (unpaired) electrons. The maximum Gasteiger partial charge on any atom is 0.342 e. The fourth-order valence-corrected chi connectivity index (χ4v) is 2.92. The van der Waals surface area contributed by atoms with Crippen LogP contribution in [0.4, 0.5) is 10.2 Å². The van der Waals surface area contributed by atoms with Gasteiger partial charge in [-0.25, -0.2) is 14.0 Å². The Labute approximate surface area is 163 Å². The summed E-state index contributed by atoms with van der Waals surface area (Å²) in [5.41, 5.74) is 3.53. The van der Waals surface area contributed by atoms with Crippen LogP contribution in [0.3, 0.4) is 0 Å². The van der Waals surface area contributed by atoms with Crippen LogP contribution in [-0.2, 0) is 6.61 Å². The van der Waals surface area contributed by atoms with E-state index in [0.29, 0.717) is 5.56 Å². The normalized spacial score (nSPS) is 10.5. The minimum atomic E-state index is -1.61. The molecular formula is C20H15FN2O6. The summed E-state index contributed by atoms with van der Waals surface area (Å²) in [4.78, 5) is 37.7. The predicted molar refractivity (Wildman–Crippen MR) is 102 cm³/mol. The molecule has 3 rings (SSSR count). The van der Waals surface area contributed by atoms with E-state index in [1.54, 1.807) is 18.2 Å². The number of hydrogen-bond acceptors (Lipinski definition) is 5. The highest BCUT2D eigenvalue weighted by Gasteiger charge is 2.27. The van der Waals surface area contributed by atoms with Gasteiger partial charge in [-0.3, -0.25) is 4.79 Å². The van der Waals surface area contributed by atoms with E-state index < -0.39 is 40.3 Å². The molecule has 0 aliphatic rings. The molecule has 5 N–H and O–H groups in total. The minimum Gasteiger partial charge on any atom is -0.489 e. The fourth-order valence-electron chi connectivity index (χ4n) is 2.92. The average Bonchev–Trinajstić information content (AvgIpc) is 2.65. The molecule has 0 aliphatic carbocycles. The molecule has 29 heavy (non-hydrogen) atoms. The first-order valence-corrected chi connectivity index (χ1v) is 8.28. The molecule has 9 heteroatoms.